The summed E-state index contributed by atoms with van der Waals surface area (Å²) >= 11 is 1.36. The largest absolute Gasteiger partial charge is 0.462 e. The van der Waals surface area contributed by atoms with Crippen LogP contribution >= 0.6 is 11.3 Å². The van der Waals surface area contributed by atoms with Crippen LogP contribution in [0, 0.1) is 0 Å². The first-order valence-electron chi connectivity index (χ1n) is 8.24. The van der Waals surface area contributed by atoms with Crippen molar-refractivity contribution in [1.82, 2.24) is 0 Å². The Morgan fingerprint density at radius 1 is 1.08 bits per heavy atom. The van der Waals surface area contributed by atoms with Crippen molar-refractivity contribution in [3.63, 3.8) is 0 Å². The van der Waals surface area contributed by atoms with Crippen molar-refractivity contribution < 1.29 is 19.1 Å². The molecule has 1 aromatic carbocycles. The second-order valence-corrected chi connectivity index (χ2v) is 6.43. The SMILES string of the molecule is CCCCOC(=O)c1ccccc1NC(=O)CCC(=O)c1cccs1. The number of para-hydroxylation sites is 1. The molecule has 6 heteroatoms. The minimum atomic E-state index is -0.459. The Morgan fingerprint density at radius 2 is 1.88 bits per heavy atom. The maximum Gasteiger partial charge on any atom is 0.340 e. The van der Waals surface area contributed by atoms with Gasteiger partial charge in [0.2, 0.25) is 5.91 Å². The molecule has 0 atom stereocenters. The Bertz CT molecular complexity index is 725. The Labute approximate surface area is 151 Å². The highest BCUT2D eigenvalue weighted by molar-refractivity contribution is 7.12. The molecule has 25 heavy (non-hydrogen) atoms. The standard InChI is InChI=1S/C19H21NO4S/c1-2-3-12-24-19(23)14-7-4-5-8-15(14)20-18(22)11-10-16(21)17-9-6-13-25-17/h4-9,13H,2-3,10-12H2,1H3,(H,20,22). The van der Waals surface area contributed by atoms with Crippen LogP contribution in [-0.2, 0) is 9.53 Å². The summed E-state index contributed by atoms with van der Waals surface area (Å²) in [5, 5.41) is 4.52. The summed E-state index contributed by atoms with van der Waals surface area (Å²) in [6, 6.07) is 10.3. The van der Waals surface area contributed by atoms with Gasteiger partial charge < -0.3 is 10.1 Å². The average molecular weight is 359 g/mol. The van der Waals surface area contributed by atoms with Gasteiger partial charge >= 0.3 is 5.97 Å². The van der Waals surface area contributed by atoms with Gasteiger partial charge in [0.15, 0.2) is 5.78 Å². The smallest absolute Gasteiger partial charge is 0.340 e. The van der Waals surface area contributed by atoms with Gasteiger partial charge in [-0.1, -0.05) is 31.5 Å². The average Bonchev–Trinajstić information content (AvgIpc) is 3.15. The molecule has 1 N–H and O–H groups in total. The zero-order valence-corrected chi connectivity index (χ0v) is 14.9. The van der Waals surface area contributed by atoms with Crippen molar-refractivity contribution in [3.8, 4) is 0 Å². The van der Waals surface area contributed by atoms with Crippen molar-refractivity contribution in [1.29, 1.82) is 0 Å². The fraction of sp³-hybridized carbons (Fsp3) is 0.316. The number of esters is 1. The van der Waals surface area contributed by atoms with Crippen LogP contribution in [0.5, 0.6) is 0 Å². The third-order valence-electron chi connectivity index (χ3n) is 3.53. The second-order valence-electron chi connectivity index (χ2n) is 5.48. The van der Waals surface area contributed by atoms with Crippen LogP contribution in [0.1, 0.15) is 52.6 Å². The molecule has 2 aromatic rings. The van der Waals surface area contributed by atoms with Gasteiger partial charge in [-0.25, -0.2) is 4.79 Å². The molecule has 0 bridgehead atoms. The molecule has 1 amide bonds. The maximum absolute atomic E-state index is 12.1. The molecular formula is C19H21NO4S. The first kappa shape index (κ1) is 18.9. The Kier molecular flexibility index (Phi) is 7.35. The summed E-state index contributed by atoms with van der Waals surface area (Å²) < 4.78 is 5.19. The predicted octanol–water partition coefficient (Wildman–Crippen LogP) is 4.31. The third kappa shape index (κ3) is 5.83. The van der Waals surface area contributed by atoms with Gasteiger partial charge in [0.05, 0.1) is 22.7 Å². The van der Waals surface area contributed by atoms with E-state index >= 15 is 0 Å². The number of carbonyl (C=O) groups is 3. The van der Waals surface area contributed by atoms with E-state index in [0.29, 0.717) is 22.7 Å². The van der Waals surface area contributed by atoms with E-state index < -0.39 is 5.97 Å². The summed E-state index contributed by atoms with van der Waals surface area (Å²) in [6.07, 6.45) is 1.93. The van der Waals surface area contributed by atoms with E-state index in [1.165, 1.54) is 11.3 Å². The summed E-state index contributed by atoms with van der Waals surface area (Å²) in [7, 11) is 0. The quantitative estimate of drug-likeness (QED) is 0.411. The highest BCUT2D eigenvalue weighted by Gasteiger charge is 2.15. The van der Waals surface area contributed by atoms with Crippen molar-refractivity contribution >= 4 is 34.7 Å². The minimum absolute atomic E-state index is 0.0580. The first-order valence-corrected chi connectivity index (χ1v) is 9.12. The Balaban J connectivity index is 1.92. The highest BCUT2D eigenvalue weighted by atomic mass is 32.1. The zero-order chi connectivity index (χ0) is 18.1. The lowest BCUT2D eigenvalue weighted by molar-refractivity contribution is -0.116. The zero-order valence-electron chi connectivity index (χ0n) is 14.1. The van der Waals surface area contributed by atoms with E-state index in [0.717, 1.165) is 12.8 Å². The normalized spacial score (nSPS) is 10.3. The number of rotatable bonds is 9. The molecule has 0 saturated heterocycles. The number of thiophene rings is 1. The topological polar surface area (TPSA) is 72.5 Å². The number of carbonyl (C=O) groups excluding carboxylic acids is 3. The van der Waals surface area contributed by atoms with Gasteiger partial charge in [-0.3, -0.25) is 9.59 Å². The van der Waals surface area contributed by atoms with Crippen LogP contribution < -0.4 is 5.32 Å². The molecule has 1 aromatic heterocycles. The lowest BCUT2D eigenvalue weighted by atomic mass is 10.1. The fourth-order valence-corrected chi connectivity index (χ4v) is 2.85. The van der Waals surface area contributed by atoms with Gasteiger partial charge in [-0.05, 0) is 30.0 Å². The van der Waals surface area contributed by atoms with Gasteiger partial charge in [-0.15, -0.1) is 11.3 Å². The molecule has 132 valence electrons. The summed E-state index contributed by atoms with van der Waals surface area (Å²) in [5.74, 6) is -0.824. The number of hydrogen-bond donors (Lipinski definition) is 1. The third-order valence-corrected chi connectivity index (χ3v) is 4.44. The molecule has 1 heterocycles. The number of amides is 1. The van der Waals surface area contributed by atoms with Crippen LogP contribution in [-0.4, -0.2) is 24.3 Å². The summed E-state index contributed by atoms with van der Waals surface area (Å²) in [5.41, 5.74) is 0.717. The number of hydrogen-bond acceptors (Lipinski definition) is 5. The number of anilines is 1. The lowest BCUT2D eigenvalue weighted by Crippen LogP contribution is -2.16. The molecule has 5 nitrogen and oxygen atoms in total. The van der Waals surface area contributed by atoms with Gasteiger partial charge in [0.1, 0.15) is 0 Å². The van der Waals surface area contributed by atoms with Gasteiger partial charge in [0, 0.05) is 12.8 Å². The number of ether oxygens (including phenoxy) is 1. The van der Waals surface area contributed by atoms with Crippen molar-refractivity contribution in [2.75, 3.05) is 11.9 Å². The van der Waals surface area contributed by atoms with Crippen molar-refractivity contribution in [3.05, 3.63) is 52.2 Å². The molecule has 0 spiro atoms. The molecule has 0 aliphatic rings. The van der Waals surface area contributed by atoms with Crippen LogP contribution in [0.2, 0.25) is 0 Å². The van der Waals surface area contributed by atoms with Gasteiger partial charge in [0.25, 0.3) is 0 Å². The molecule has 2 rings (SSSR count). The maximum atomic E-state index is 12.1. The molecule has 0 radical (unpaired) electrons. The monoisotopic (exact) mass is 359 g/mol. The summed E-state index contributed by atoms with van der Waals surface area (Å²) in [4.78, 5) is 36.8. The molecular weight excluding hydrogens is 338 g/mol. The Morgan fingerprint density at radius 3 is 2.60 bits per heavy atom. The number of nitrogens with one attached hydrogen (secondary N) is 1. The van der Waals surface area contributed by atoms with Crippen molar-refractivity contribution in [2.45, 2.75) is 32.6 Å². The highest BCUT2D eigenvalue weighted by Crippen LogP contribution is 2.18. The number of ketones is 1. The van der Waals surface area contributed by atoms with E-state index in [1.807, 2.05) is 12.3 Å². The van der Waals surface area contributed by atoms with Gasteiger partial charge in [-0.2, -0.15) is 0 Å². The summed E-state index contributed by atoms with van der Waals surface area (Å²) in [6.45, 7) is 2.37. The van der Waals surface area contributed by atoms with E-state index in [4.69, 9.17) is 4.74 Å². The van der Waals surface area contributed by atoms with Crippen LogP contribution in [0.25, 0.3) is 0 Å². The van der Waals surface area contributed by atoms with E-state index in [9.17, 15) is 14.4 Å². The number of benzene rings is 1. The minimum Gasteiger partial charge on any atom is -0.462 e. The molecule has 0 unspecified atom stereocenters. The van der Waals surface area contributed by atoms with E-state index in [1.54, 1.807) is 36.4 Å². The molecule has 0 aliphatic heterocycles. The number of unbranched alkanes of at least 4 members (excludes halogenated alkanes) is 1. The van der Waals surface area contributed by atoms with Crippen LogP contribution in [0.4, 0.5) is 5.69 Å². The Hall–Kier alpha value is -2.47. The molecule has 0 aliphatic carbocycles. The van der Waals surface area contributed by atoms with E-state index in [2.05, 4.69) is 5.32 Å². The first-order chi connectivity index (χ1) is 12.1. The number of Topliss-reactive ketones (excluding diaryl/α,β-unsaturated/α-hetero) is 1. The molecule has 0 fully saturated rings. The van der Waals surface area contributed by atoms with Crippen LogP contribution in [0.15, 0.2) is 41.8 Å². The van der Waals surface area contributed by atoms with Crippen LogP contribution in [0.3, 0.4) is 0 Å². The van der Waals surface area contributed by atoms with E-state index in [-0.39, 0.29) is 24.5 Å². The fourth-order valence-electron chi connectivity index (χ4n) is 2.16. The van der Waals surface area contributed by atoms with Crippen molar-refractivity contribution in [2.24, 2.45) is 0 Å². The second kappa shape index (κ2) is 9.74. The lowest BCUT2D eigenvalue weighted by Gasteiger charge is -2.10. The predicted molar refractivity (Wildman–Crippen MR) is 98.1 cm³/mol. The molecule has 0 saturated carbocycles.